The highest BCUT2D eigenvalue weighted by atomic mass is 16.1. The van der Waals surface area contributed by atoms with Gasteiger partial charge in [0, 0.05) is 6.42 Å². The normalized spacial score (nSPS) is 20.7. The summed E-state index contributed by atoms with van der Waals surface area (Å²) in [5.74, 6) is 1.66. The summed E-state index contributed by atoms with van der Waals surface area (Å²) in [7, 11) is 0. The lowest BCUT2D eigenvalue weighted by molar-refractivity contribution is -0.117. The molecule has 0 spiro atoms. The summed E-state index contributed by atoms with van der Waals surface area (Å²) in [5.41, 5.74) is 3.01. The molecule has 0 aromatic rings. The highest BCUT2D eigenvalue weighted by molar-refractivity contribution is 5.75. The summed E-state index contributed by atoms with van der Waals surface area (Å²) in [6.07, 6.45) is 8.55. The first-order valence-electron chi connectivity index (χ1n) is 6.37. The van der Waals surface area contributed by atoms with Crippen molar-refractivity contribution in [3.63, 3.8) is 0 Å². The second-order valence-electron chi connectivity index (χ2n) is 5.47. The number of hydrogen-bond acceptors (Lipinski definition) is 1. The zero-order chi connectivity index (χ0) is 12.1. The molecule has 16 heavy (non-hydrogen) atoms. The second kappa shape index (κ2) is 6.03. The van der Waals surface area contributed by atoms with Crippen molar-refractivity contribution in [1.29, 1.82) is 0 Å². The van der Waals surface area contributed by atoms with E-state index in [1.807, 2.05) is 0 Å². The number of Topliss-reactive ketones (excluding diaryl/α,β-unsaturated/α-hetero) is 1. The molecule has 1 atom stereocenters. The zero-order valence-corrected chi connectivity index (χ0v) is 11.0. The molecule has 0 fully saturated rings. The number of carbonyl (C=O) groups is 1. The average molecular weight is 220 g/mol. The number of allylic oxidation sites excluding steroid dienone is 4. The van der Waals surface area contributed by atoms with Crippen LogP contribution in [-0.4, -0.2) is 5.78 Å². The lowest BCUT2D eigenvalue weighted by atomic mass is 9.83. The summed E-state index contributed by atoms with van der Waals surface area (Å²) in [4.78, 5) is 11.0. The molecule has 1 aliphatic carbocycles. The fourth-order valence-corrected chi connectivity index (χ4v) is 2.31. The van der Waals surface area contributed by atoms with Gasteiger partial charge in [0.05, 0.1) is 0 Å². The van der Waals surface area contributed by atoms with Gasteiger partial charge in [-0.3, -0.25) is 0 Å². The Morgan fingerprint density at radius 1 is 1.44 bits per heavy atom. The quantitative estimate of drug-likeness (QED) is 0.675. The van der Waals surface area contributed by atoms with Gasteiger partial charge in [-0.2, -0.15) is 0 Å². The van der Waals surface area contributed by atoms with Crippen molar-refractivity contribution in [3.8, 4) is 0 Å². The molecular weight excluding hydrogens is 196 g/mol. The molecule has 0 radical (unpaired) electrons. The molecule has 0 saturated heterocycles. The van der Waals surface area contributed by atoms with Crippen LogP contribution in [0.4, 0.5) is 0 Å². The number of carbonyl (C=O) groups excluding carboxylic acids is 1. The Morgan fingerprint density at radius 3 is 2.62 bits per heavy atom. The Labute approximate surface area is 99.6 Å². The summed E-state index contributed by atoms with van der Waals surface area (Å²) >= 11 is 0. The molecule has 0 aliphatic heterocycles. The van der Waals surface area contributed by atoms with Gasteiger partial charge in [0.2, 0.25) is 0 Å². The lowest BCUT2D eigenvalue weighted by Crippen LogP contribution is -2.08. The summed E-state index contributed by atoms with van der Waals surface area (Å²) in [6, 6.07) is 0. The van der Waals surface area contributed by atoms with Crippen LogP contribution in [0, 0.1) is 11.8 Å². The van der Waals surface area contributed by atoms with Crippen LogP contribution in [0.25, 0.3) is 0 Å². The van der Waals surface area contributed by atoms with E-state index in [0.717, 1.165) is 12.3 Å². The predicted octanol–water partition coefficient (Wildman–Crippen LogP) is 4.29. The minimum atomic E-state index is 0.296. The van der Waals surface area contributed by atoms with Crippen molar-refractivity contribution >= 4 is 5.78 Å². The van der Waals surface area contributed by atoms with Crippen LogP contribution in [0.5, 0.6) is 0 Å². The van der Waals surface area contributed by atoms with Crippen LogP contribution in [0.1, 0.15) is 53.4 Å². The Hall–Kier alpha value is -0.850. The highest BCUT2D eigenvalue weighted by Crippen LogP contribution is 2.30. The summed E-state index contributed by atoms with van der Waals surface area (Å²) < 4.78 is 0. The maximum atomic E-state index is 11.0. The van der Waals surface area contributed by atoms with Crippen molar-refractivity contribution < 1.29 is 4.79 Å². The van der Waals surface area contributed by atoms with Gasteiger partial charge in [-0.25, -0.2) is 0 Å². The predicted molar refractivity (Wildman–Crippen MR) is 69.3 cm³/mol. The monoisotopic (exact) mass is 220 g/mol. The van der Waals surface area contributed by atoms with Gasteiger partial charge in [-0.1, -0.05) is 44.1 Å². The molecule has 1 rings (SSSR count). The molecule has 0 N–H and O–H groups in total. The first-order chi connectivity index (χ1) is 7.49. The van der Waals surface area contributed by atoms with Crippen LogP contribution in [0.2, 0.25) is 0 Å². The molecule has 0 saturated carbocycles. The van der Waals surface area contributed by atoms with Gasteiger partial charge in [-0.05, 0) is 38.0 Å². The van der Waals surface area contributed by atoms with Crippen molar-refractivity contribution in [1.82, 2.24) is 0 Å². The fourth-order valence-electron chi connectivity index (χ4n) is 2.31. The minimum absolute atomic E-state index is 0.296. The maximum absolute atomic E-state index is 11.0. The van der Waals surface area contributed by atoms with Gasteiger partial charge in [-0.15, -0.1) is 0 Å². The van der Waals surface area contributed by atoms with E-state index in [1.54, 1.807) is 12.5 Å². The van der Waals surface area contributed by atoms with E-state index in [9.17, 15) is 4.79 Å². The van der Waals surface area contributed by atoms with E-state index in [-0.39, 0.29) is 0 Å². The van der Waals surface area contributed by atoms with E-state index >= 15 is 0 Å². The van der Waals surface area contributed by atoms with E-state index in [4.69, 9.17) is 0 Å². The Bertz CT molecular complexity index is 307. The van der Waals surface area contributed by atoms with Crippen molar-refractivity contribution in [2.75, 3.05) is 0 Å². The molecule has 1 heteroatoms. The average Bonchev–Trinajstić information content (AvgIpc) is 2.15. The molecular formula is C15H24O. The number of rotatable bonds is 5. The number of hydrogen-bond donors (Lipinski definition) is 0. The van der Waals surface area contributed by atoms with Gasteiger partial charge in [0.1, 0.15) is 5.78 Å². The van der Waals surface area contributed by atoms with Crippen LogP contribution >= 0.6 is 0 Å². The Kier molecular flexibility index (Phi) is 4.98. The van der Waals surface area contributed by atoms with E-state index < -0.39 is 0 Å². The molecule has 0 amide bonds. The first kappa shape index (κ1) is 13.2. The van der Waals surface area contributed by atoms with Gasteiger partial charge >= 0.3 is 0 Å². The highest BCUT2D eigenvalue weighted by Gasteiger charge is 2.15. The molecule has 1 aliphatic rings. The van der Waals surface area contributed by atoms with Crippen molar-refractivity contribution in [2.45, 2.75) is 53.4 Å². The van der Waals surface area contributed by atoms with Gasteiger partial charge in [0.15, 0.2) is 0 Å². The Morgan fingerprint density at radius 2 is 2.12 bits per heavy atom. The lowest BCUT2D eigenvalue weighted by Gasteiger charge is -2.22. The van der Waals surface area contributed by atoms with Crippen LogP contribution in [0.15, 0.2) is 23.3 Å². The fraction of sp³-hybridized carbons (Fsp3) is 0.667. The third-order valence-electron chi connectivity index (χ3n) is 3.17. The standard InChI is InChI=1S/C15H24O/c1-11(2)9-14-6-8-15(12(3)10-14)7-5-13(4)16/h6,8,11-12H,5,7,9-10H2,1-4H3. The molecule has 0 bridgehead atoms. The number of ketones is 1. The van der Waals surface area contributed by atoms with Gasteiger partial charge in [0.25, 0.3) is 0 Å². The molecule has 1 unspecified atom stereocenters. The molecule has 1 nitrogen and oxygen atoms in total. The van der Waals surface area contributed by atoms with Crippen LogP contribution in [-0.2, 0) is 4.79 Å². The largest absolute Gasteiger partial charge is 0.300 e. The SMILES string of the molecule is CC(=O)CCC1=CC=C(CC(C)C)CC1C. The molecule has 0 aromatic heterocycles. The Balaban J connectivity index is 2.56. The molecule has 0 heterocycles. The second-order valence-corrected chi connectivity index (χ2v) is 5.47. The van der Waals surface area contributed by atoms with Crippen molar-refractivity contribution in [3.05, 3.63) is 23.3 Å². The maximum Gasteiger partial charge on any atom is 0.130 e. The van der Waals surface area contributed by atoms with Crippen LogP contribution < -0.4 is 0 Å². The van der Waals surface area contributed by atoms with E-state index in [1.165, 1.54) is 18.4 Å². The molecule has 90 valence electrons. The zero-order valence-electron chi connectivity index (χ0n) is 11.0. The van der Waals surface area contributed by atoms with Gasteiger partial charge < -0.3 is 4.79 Å². The summed E-state index contributed by atoms with van der Waals surface area (Å²) in [6.45, 7) is 8.48. The van der Waals surface area contributed by atoms with E-state index in [0.29, 0.717) is 18.1 Å². The van der Waals surface area contributed by atoms with Crippen molar-refractivity contribution in [2.24, 2.45) is 11.8 Å². The third kappa shape index (κ3) is 4.34. The topological polar surface area (TPSA) is 17.1 Å². The minimum Gasteiger partial charge on any atom is -0.300 e. The van der Waals surface area contributed by atoms with Crippen LogP contribution in [0.3, 0.4) is 0 Å². The molecule has 0 aromatic carbocycles. The van der Waals surface area contributed by atoms with E-state index in [2.05, 4.69) is 32.9 Å². The smallest absolute Gasteiger partial charge is 0.130 e. The first-order valence-corrected chi connectivity index (χ1v) is 6.37. The summed E-state index contributed by atoms with van der Waals surface area (Å²) in [5, 5.41) is 0. The third-order valence-corrected chi connectivity index (χ3v) is 3.17.